The SMILES string of the molecule is COc1ccccc1CNC(=O)[C@H]1CCCN(c2nnc(-n3cccc3)s2)C1. The summed E-state index contributed by atoms with van der Waals surface area (Å²) in [5.74, 6) is 0.813. The number of nitrogens with one attached hydrogen (secondary N) is 1. The lowest BCUT2D eigenvalue weighted by atomic mass is 9.97. The second-order valence-corrected chi connectivity index (χ2v) is 7.71. The molecule has 2 aromatic heterocycles. The number of ether oxygens (including phenoxy) is 1. The average molecular weight is 398 g/mol. The van der Waals surface area contributed by atoms with E-state index in [0.29, 0.717) is 13.1 Å². The van der Waals surface area contributed by atoms with Crippen LogP contribution in [0.1, 0.15) is 18.4 Å². The molecule has 8 heteroatoms. The van der Waals surface area contributed by atoms with Gasteiger partial charge in [0.25, 0.3) is 0 Å². The Morgan fingerprint density at radius 2 is 2.00 bits per heavy atom. The minimum absolute atomic E-state index is 0.0533. The first-order valence-electron chi connectivity index (χ1n) is 9.36. The third-order valence-corrected chi connectivity index (χ3v) is 5.93. The fraction of sp³-hybridized carbons (Fsp3) is 0.350. The molecule has 1 aliphatic heterocycles. The maximum Gasteiger partial charge on any atom is 0.225 e. The van der Waals surface area contributed by atoms with Gasteiger partial charge >= 0.3 is 0 Å². The Balaban J connectivity index is 1.37. The van der Waals surface area contributed by atoms with Crippen LogP contribution in [0.15, 0.2) is 48.8 Å². The maximum absolute atomic E-state index is 12.7. The van der Waals surface area contributed by atoms with Gasteiger partial charge in [-0.05, 0) is 31.0 Å². The Hall–Kier alpha value is -2.87. The van der Waals surface area contributed by atoms with Crippen LogP contribution in [0.4, 0.5) is 5.13 Å². The standard InChI is InChI=1S/C20H23N5O2S/c1-27-17-9-3-2-7-15(17)13-21-18(26)16-8-6-12-25(14-16)20-23-22-19(28-20)24-10-4-5-11-24/h2-5,7,9-11,16H,6,8,12-14H2,1H3,(H,21,26)/t16-/m0/s1. The first-order chi connectivity index (χ1) is 13.7. The molecule has 146 valence electrons. The topological polar surface area (TPSA) is 72.3 Å². The minimum Gasteiger partial charge on any atom is -0.496 e. The molecule has 1 amide bonds. The van der Waals surface area contributed by atoms with Crippen molar-refractivity contribution >= 4 is 22.4 Å². The van der Waals surface area contributed by atoms with Gasteiger partial charge in [-0.25, -0.2) is 0 Å². The van der Waals surface area contributed by atoms with Crippen LogP contribution in [0.2, 0.25) is 0 Å². The van der Waals surface area contributed by atoms with Gasteiger partial charge in [0.1, 0.15) is 5.75 Å². The summed E-state index contributed by atoms with van der Waals surface area (Å²) in [5.41, 5.74) is 0.978. The van der Waals surface area contributed by atoms with Gasteiger partial charge in [0.15, 0.2) is 0 Å². The maximum atomic E-state index is 12.7. The third kappa shape index (κ3) is 4.01. The molecule has 0 spiro atoms. The van der Waals surface area contributed by atoms with Crippen LogP contribution in [0, 0.1) is 5.92 Å². The summed E-state index contributed by atoms with van der Waals surface area (Å²) in [5, 5.41) is 13.4. The van der Waals surface area contributed by atoms with Crippen molar-refractivity contribution in [2.24, 2.45) is 5.92 Å². The third-order valence-electron chi connectivity index (χ3n) is 4.94. The van der Waals surface area contributed by atoms with Crippen molar-refractivity contribution in [3.05, 3.63) is 54.4 Å². The quantitative estimate of drug-likeness (QED) is 0.692. The Morgan fingerprint density at radius 3 is 2.82 bits per heavy atom. The smallest absolute Gasteiger partial charge is 0.225 e. The second kappa shape index (κ2) is 8.43. The van der Waals surface area contributed by atoms with Gasteiger partial charge in [0.05, 0.1) is 13.0 Å². The minimum atomic E-state index is -0.0533. The number of nitrogens with zero attached hydrogens (tertiary/aromatic N) is 4. The molecule has 1 N–H and O–H groups in total. The first kappa shape index (κ1) is 18.5. The molecule has 0 bridgehead atoms. The summed E-state index contributed by atoms with van der Waals surface area (Å²) in [6.45, 7) is 2.03. The molecule has 0 radical (unpaired) electrons. The summed E-state index contributed by atoms with van der Waals surface area (Å²) >= 11 is 1.54. The predicted octanol–water partition coefficient (Wildman–Crippen LogP) is 2.87. The molecule has 1 fully saturated rings. The predicted molar refractivity (Wildman–Crippen MR) is 109 cm³/mol. The molecule has 0 aliphatic carbocycles. The average Bonchev–Trinajstić information content (AvgIpc) is 3.44. The number of anilines is 1. The van der Waals surface area contributed by atoms with Crippen LogP contribution in [-0.2, 0) is 11.3 Å². The second-order valence-electron chi connectivity index (χ2n) is 6.77. The van der Waals surface area contributed by atoms with E-state index < -0.39 is 0 Å². The van der Waals surface area contributed by atoms with E-state index in [-0.39, 0.29) is 11.8 Å². The van der Waals surface area contributed by atoms with Crippen molar-refractivity contribution in [2.45, 2.75) is 19.4 Å². The van der Waals surface area contributed by atoms with E-state index in [9.17, 15) is 4.79 Å². The van der Waals surface area contributed by atoms with Crippen LogP contribution in [-0.4, -0.2) is 40.9 Å². The zero-order chi connectivity index (χ0) is 19.3. The van der Waals surface area contributed by atoms with E-state index in [1.54, 1.807) is 18.4 Å². The lowest BCUT2D eigenvalue weighted by Crippen LogP contribution is -2.43. The van der Waals surface area contributed by atoms with E-state index in [4.69, 9.17) is 4.74 Å². The van der Waals surface area contributed by atoms with Gasteiger partial charge in [0.2, 0.25) is 16.2 Å². The molecular weight excluding hydrogens is 374 g/mol. The Labute approximate surface area is 168 Å². The Bertz CT molecular complexity index is 924. The highest BCUT2D eigenvalue weighted by molar-refractivity contribution is 7.17. The number of para-hydroxylation sites is 1. The number of carbonyl (C=O) groups excluding carboxylic acids is 1. The highest BCUT2D eigenvalue weighted by Gasteiger charge is 2.27. The highest BCUT2D eigenvalue weighted by Crippen LogP contribution is 2.28. The lowest BCUT2D eigenvalue weighted by Gasteiger charge is -2.31. The number of aromatic nitrogens is 3. The number of hydrogen-bond donors (Lipinski definition) is 1. The zero-order valence-electron chi connectivity index (χ0n) is 15.7. The Kier molecular flexibility index (Phi) is 5.57. The van der Waals surface area contributed by atoms with Crippen LogP contribution >= 0.6 is 11.3 Å². The normalized spacial score (nSPS) is 16.8. The summed E-state index contributed by atoms with van der Waals surface area (Å²) in [4.78, 5) is 14.9. The van der Waals surface area contributed by atoms with Crippen LogP contribution in [0.3, 0.4) is 0 Å². The molecule has 28 heavy (non-hydrogen) atoms. The van der Waals surface area contributed by atoms with Crippen LogP contribution < -0.4 is 15.0 Å². The summed E-state index contributed by atoms with van der Waals surface area (Å²) in [7, 11) is 1.64. The molecule has 1 aromatic carbocycles. The molecule has 3 heterocycles. The van der Waals surface area contributed by atoms with E-state index in [1.165, 1.54) is 0 Å². The number of rotatable bonds is 6. The number of carbonyl (C=O) groups is 1. The van der Waals surface area contributed by atoms with Crippen LogP contribution in [0.5, 0.6) is 5.75 Å². The van der Waals surface area contributed by atoms with E-state index in [0.717, 1.165) is 41.0 Å². The number of hydrogen-bond acceptors (Lipinski definition) is 6. The molecule has 1 atom stereocenters. The van der Waals surface area contributed by atoms with Gasteiger partial charge in [-0.1, -0.05) is 29.5 Å². The number of amides is 1. The van der Waals surface area contributed by atoms with Crippen molar-refractivity contribution in [2.75, 3.05) is 25.1 Å². The van der Waals surface area contributed by atoms with E-state index in [2.05, 4.69) is 20.4 Å². The van der Waals surface area contributed by atoms with Gasteiger partial charge < -0.3 is 15.0 Å². The molecule has 7 nitrogen and oxygen atoms in total. The van der Waals surface area contributed by atoms with Crippen molar-refractivity contribution in [3.63, 3.8) is 0 Å². The molecule has 0 unspecified atom stereocenters. The van der Waals surface area contributed by atoms with Crippen molar-refractivity contribution in [1.29, 1.82) is 0 Å². The number of piperidine rings is 1. The molecule has 4 rings (SSSR count). The lowest BCUT2D eigenvalue weighted by molar-refractivity contribution is -0.125. The van der Waals surface area contributed by atoms with Crippen molar-refractivity contribution in [1.82, 2.24) is 20.1 Å². The summed E-state index contributed by atoms with van der Waals surface area (Å²) < 4.78 is 7.30. The molecule has 0 saturated carbocycles. The van der Waals surface area contributed by atoms with Gasteiger partial charge in [-0.3, -0.25) is 9.36 Å². The molecule has 3 aromatic rings. The Morgan fingerprint density at radius 1 is 1.21 bits per heavy atom. The monoisotopic (exact) mass is 397 g/mol. The fourth-order valence-electron chi connectivity index (χ4n) is 3.44. The summed E-state index contributed by atoms with van der Waals surface area (Å²) in [6.07, 6.45) is 5.76. The molecular formula is C20H23N5O2S. The highest BCUT2D eigenvalue weighted by atomic mass is 32.1. The fourth-order valence-corrected chi connectivity index (χ4v) is 4.29. The van der Waals surface area contributed by atoms with E-state index >= 15 is 0 Å². The van der Waals surface area contributed by atoms with Gasteiger partial charge in [-0.2, -0.15) is 0 Å². The summed E-state index contributed by atoms with van der Waals surface area (Å²) in [6, 6.07) is 11.7. The van der Waals surface area contributed by atoms with Crippen molar-refractivity contribution < 1.29 is 9.53 Å². The van der Waals surface area contributed by atoms with Crippen LogP contribution in [0.25, 0.3) is 5.13 Å². The largest absolute Gasteiger partial charge is 0.496 e. The van der Waals surface area contributed by atoms with Gasteiger partial charge in [0, 0.05) is 37.6 Å². The number of methoxy groups -OCH3 is 1. The number of benzene rings is 1. The first-order valence-corrected chi connectivity index (χ1v) is 10.2. The molecule has 1 saturated heterocycles. The van der Waals surface area contributed by atoms with E-state index in [1.807, 2.05) is 53.4 Å². The van der Waals surface area contributed by atoms with Gasteiger partial charge in [-0.15, -0.1) is 10.2 Å². The van der Waals surface area contributed by atoms with Crippen molar-refractivity contribution in [3.8, 4) is 10.9 Å². The molecule has 1 aliphatic rings. The zero-order valence-corrected chi connectivity index (χ0v) is 16.6.